The van der Waals surface area contributed by atoms with E-state index in [0.29, 0.717) is 11.4 Å². The van der Waals surface area contributed by atoms with Crippen LogP contribution >= 0.6 is 22.9 Å². The number of amides is 1. The first-order valence-electron chi connectivity index (χ1n) is 10.1. The lowest BCUT2D eigenvalue weighted by atomic mass is 10.1. The third-order valence-electron chi connectivity index (χ3n) is 5.52. The Bertz CT molecular complexity index is 797. The summed E-state index contributed by atoms with van der Waals surface area (Å²) in [5.74, 6) is 0.173. The van der Waals surface area contributed by atoms with Crippen LogP contribution in [-0.4, -0.2) is 60.0 Å². The molecule has 5 nitrogen and oxygen atoms in total. The lowest BCUT2D eigenvalue weighted by Crippen LogP contribution is -2.49. The number of carbonyl (C=O) groups excluding carboxylic acids is 1. The van der Waals surface area contributed by atoms with Gasteiger partial charge in [-0.15, -0.1) is 11.3 Å². The Morgan fingerprint density at radius 1 is 1.07 bits per heavy atom. The Morgan fingerprint density at radius 3 is 2.61 bits per heavy atom. The van der Waals surface area contributed by atoms with Gasteiger partial charge in [-0.3, -0.25) is 9.69 Å². The normalized spacial score (nSPS) is 18.5. The highest BCUT2D eigenvalue weighted by molar-refractivity contribution is 7.13. The first kappa shape index (κ1) is 19.7. The highest BCUT2D eigenvalue weighted by Crippen LogP contribution is 2.24. The summed E-state index contributed by atoms with van der Waals surface area (Å²) < 4.78 is 0. The fourth-order valence-corrected chi connectivity index (χ4v) is 5.02. The van der Waals surface area contributed by atoms with Crippen molar-refractivity contribution in [1.29, 1.82) is 0 Å². The molecule has 1 aromatic carbocycles. The summed E-state index contributed by atoms with van der Waals surface area (Å²) in [6, 6.07) is 7.56. The van der Waals surface area contributed by atoms with Gasteiger partial charge in [-0.25, -0.2) is 4.98 Å². The molecule has 28 heavy (non-hydrogen) atoms. The molecule has 0 saturated carbocycles. The molecule has 150 valence electrons. The van der Waals surface area contributed by atoms with Crippen LogP contribution in [0.2, 0.25) is 5.02 Å². The number of piperidine rings is 1. The van der Waals surface area contributed by atoms with E-state index >= 15 is 0 Å². The third-order valence-corrected chi connectivity index (χ3v) is 6.71. The van der Waals surface area contributed by atoms with E-state index in [2.05, 4.69) is 15.2 Å². The Hall–Kier alpha value is -1.63. The maximum Gasteiger partial charge on any atom is 0.227 e. The molecule has 4 rings (SSSR count). The van der Waals surface area contributed by atoms with E-state index in [1.54, 1.807) is 11.3 Å². The molecule has 0 N–H and O–H groups in total. The van der Waals surface area contributed by atoms with Gasteiger partial charge in [0.1, 0.15) is 0 Å². The molecular weight excluding hydrogens is 392 g/mol. The van der Waals surface area contributed by atoms with Crippen molar-refractivity contribution in [3.8, 4) is 0 Å². The first-order chi connectivity index (χ1) is 13.7. The predicted molar refractivity (Wildman–Crippen MR) is 115 cm³/mol. The van der Waals surface area contributed by atoms with Crippen molar-refractivity contribution in [3.05, 3.63) is 45.9 Å². The molecule has 3 heterocycles. The minimum absolute atomic E-state index is 0.173. The minimum Gasteiger partial charge on any atom is -0.345 e. The lowest BCUT2D eigenvalue weighted by Gasteiger charge is -2.34. The van der Waals surface area contributed by atoms with Crippen LogP contribution in [0.15, 0.2) is 29.6 Å². The number of likely N-dealkylation sites (tertiary alicyclic amines) is 1. The number of piperazine rings is 1. The Labute approximate surface area is 175 Å². The molecule has 0 aliphatic carbocycles. The maximum atomic E-state index is 12.6. The number of thiazole rings is 1. The van der Waals surface area contributed by atoms with Crippen LogP contribution in [0.3, 0.4) is 0 Å². The van der Waals surface area contributed by atoms with E-state index in [9.17, 15) is 4.79 Å². The summed E-state index contributed by atoms with van der Waals surface area (Å²) in [5.41, 5.74) is 2.16. The van der Waals surface area contributed by atoms with Crippen molar-refractivity contribution in [2.45, 2.75) is 32.2 Å². The molecule has 2 aliphatic rings. The van der Waals surface area contributed by atoms with Crippen LogP contribution in [0.5, 0.6) is 0 Å². The Balaban J connectivity index is 1.27. The highest BCUT2D eigenvalue weighted by Gasteiger charge is 2.23. The van der Waals surface area contributed by atoms with Crippen LogP contribution in [-0.2, 0) is 17.8 Å². The van der Waals surface area contributed by atoms with Crippen molar-refractivity contribution in [2.75, 3.05) is 44.2 Å². The fourth-order valence-electron chi connectivity index (χ4n) is 3.94. The van der Waals surface area contributed by atoms with E-state index < -0.39 is 0 Å². The van der Waals surface area contributed by atoms with Gasteiger partial charge < -0.3 is 9.80 Å². The van der Waals surface area contributed by atoms with E-state index in [1.165, 1.54) is 38.0 Å². The number of hydrogen-bond donors (Lipinski definition) is 0. The summed E-state index contributed by atoms with van der Waals surface area (Å²) in [6.07, 6.45) is 4.39. The summed E-state index contributed by atoms with van der Waals surface area (Å²) in [5, 5.41) is 3.97. The number of anilines is 1. The van der Waals surface area contributed by atoms with Crippen molar-refractivity contribution in [2.24, 2.45) is 0 Å². The summed E-state index contributed by atoms with van der Waals surface area (Å²) in [6.45, 7) is 6.55. The SMILES string of the molecule is O=C(Cc1cccc(Cl)c1)N1CCN(c2nc(CN3CCCCC3)cs2)CC1. The number of nitrogens with zero attached hydrogens (tertiary/aromatic N) is 4. The van der Waals surface area contributed by atoms with E-state index in [4.69, 9.17) is 16.6 Å². The molecule has 2 fully saturated rings. The molecule has 0 radical (unpaired) electrons. The molecule has 1 aromatic heterocycles. The topological polar surface area (TPSA) is 39.7 Å². The first-order valence-corrected chi connectivity index (χ1v) is 11.4. The van der Waals surface area contributed by atoms with Crippen LogP contribution in [0, 0.1) is 0 Å². The number of hydrogen-bond acceptors (Lipinski definition) is 5. The second-order valence-corrected chi connectivity index (χ2v) is 8.91. The fraction of sp³-hybridized carbons (Fsp3) is 0.524. The molecule has 2 saturated heterocycles. The maximum absolute atomic E-state index is 12.6. The number of aromatic nitrogens is 1. The molecule has 2 aliphatic heterocycles. The second-order valence-electron chi connectivity index (χ2n) is 7.63. The highest BCUT2D eigenvalue weighted by atomic mass is 35.5. The number of benzene rings is 1. The van der Waals surface area contributed by atoms with Crippen molar-refractivity contribution < 1.29 is 4.79 Å². The molecule has 2 aromatic rings. The van der Waals surface area contributed by atoms with Crippen LogP contribution < -0.4 is 4.90 Å². The van der Waals surface area contributed by atoms with Gasteiger partial charge in [-0.05, 0) is 43.6 Å². The van der Waals surface area contributed by atoms with Gasteiger partial charge in [0.15, 0.2) is 5.13 Å². The number of rotatable bonds is 5. The van der Waals surface area contributed by atoms with Crippen molar-refractivity contribution in [3.63, 3.8) is 0 Å². The summed E-state index contributed by atoms with van der Waals surface area (Å²) in [4.78, 5) is 24.2. The van der Waals surface area contributed by atoms with Crippen LogP contribution in [0.1, 0.15) is 30.5 Å². The van der Waals surface area contributed by atoms with Gasteiger partial charge in [0, 0.05) is 43.1 Å². The smallest absolute Gasteiger partial charge is 0.227 e. The zero-order valence-corrected chi connectivity index (χ0v) is 17.7. The third kappa shape index (κ3) is 5.04. The molecule has 1 amide bonds. The van der Waals surface area contributed by atoms with Gasteiger partial charge in [0.2, 0.25) is 5.91 Å². The van der Waals surface area contributed by atoms with Crippen molar-refractivity contribution >= 4 is 34.0 Å². The van der Waals surface area contributed by atoms with E-state index in [1.807, 2.05) is 29.2 Å². The van der Waals surface area contributed by atoms with Gasteiger partial charge in [0.25, 0.3) is 0 Å². The predicted octanol–water partition coefficient (Wildman–Crippen LogP) is 3.67. The van der Waals surface area contributed by atoms with Gasteiger partial charge in [0.05, 0.1) is 12.1 Å². The molecule has 0 bridgehead atoms. The molecule has 0 spiro atoms. The molecule has 0 atom stereocenters. The van der Waals surface area contributed by atoms with Crippen LogP contribution in [0.4, 0.5) is 5.13 Å². The van der Waals surface area contributed by atoms with E-state index in [-0.39, 0.29) is 5.91 Å². The quantitative estimate of drug-likeness (QED) is 0.742. The zero-order chi connectivity index (χ0) is 19.3. The average molecular weight is 419 g/mol. The molecule has 7 heteroatoms. The minimum atomic E-state index is 0.173. The summed E-state index contributed by atoms with van der Waals surface area (Å²) in [7, 11) is 0. The number of carbonyl (C=O) groups is 1. The van der Waals surface area contributed by atoms with Gasteiger partial charge in [-0.2, -0.15) is 0 Å². The lowest BCUT2D eigenvalue weighted by molar-refractivity contribution is -0.130. The number of halogens is 1. The molecular formula is C21H27ClN4OS. The van der Waals surface area contributed by atoms with Gasteiger partial charge >= 0.3 is 0 Å². The largest absolute Gasteiger partial charge is 0.345 e. The Morgan fingerprint density at radius 2 is 1.86 bits per heavy atom. The van der Waals surface area contributed by atoms with Crippen LogP contribution in [0.25, 0.3) is 0 Å². The van der Waals surface area contributed by atoms with E-state index in [0.717, 1.165) is 43.4 Å². The Kier molecular flexibility index (Phi) is 6.50. The second kappa shape index (κ2) is 9.25. The standard InChI is InChI=1S/C21H27ClN4OS/c22-18-6-4-5-17(13-18)14-20(27)25-9-11-26(12-10-25)21-23-19(16-28-21)15-24-7-2-1-3-8-24/h4-6,13,16H,1-3,7-12,14-15H2. The zero-order valence-electron chi connectivity index (χ0n) is 16.1. The average Bonchev–Trinajstić information content (AvgIpc) is 3.17. The van der Waals surface area contributed by atoms with Gasteiger partial charge in [-0.1, -0.05) is 30.2 Å². The summed E-state index contributed by atoms with van der Waals surface area (Å²) >= 11 is 7.75. The molecule has 0 unspecified atom stereocenters. The monoisotopic (exact) mass is 418 g/mol. The van der Waals surface area contributed by atoms with Crippen molar-refractivity contribution in [1.82, 2.24) is 14.8 Å².